The third-order valence-corrected chi connectivity index (χ3v) is 6.01. The van der Waals surface area contributed by atoms with Crippen LogP contribution in [0, 0.1) is 0 Å². The first-order valence-electron chi connectivity index (χ1n) is 6.09. The first kappa shape index (κ1) is 12.0. The lowest BCUT2D eigenvalue weighted by Crippen LogP contribution is -2.06. The summed E-state index contributed by atoms with van der Waals surface area (Å²) in [6.07, 6.45) is 4.53. The Labute approximate surface area is 118 Å². The van der Waals surface area contributed by atoms with Gasteiger partial charge in [-0.05, 0) is 74.7 Å². The van der Waals surface area contributed by atoms with Gasteiger partial charge in [-0.15, -0.1) is 0 Å². The second kappa shape index (κ2) is 4.56. The van der Waals surface area contributed by atoms with E-state index < -0.39 is 0 Å². The maximum Gasteiger partial charge on any atom is 0.138 e. The molecule has 2 nitrogen and oxygen atoms in total. The lowest BCUT2D eigenvalue weighted by Gasteiger charge is -2.16. The van der Waals surface area contributed by atoms with Crippen LogP contribution in [0.4, 0.5) is 0 Å². The quantitative estimate of drug-likeness (QED) is 0.875. The van der Waals surface area contributed by atoms with Gasteiger partial charge in [-0.3, -0.25) is 0 Å². The minimum absolute atomic E-state index is 0.634. The average molecular weight is 361 g/mol. The van der Waals surface area contributed by atoms with Crippen molar-refractivity contribution in [1.29, 1.82) is 0 Å². The van der Waals surface area contributed by atoms with E-state index in [4.69, 9.17) is 10.5 Å². The third kappa shape index (κ3) is 1.76. The molecule has 4 heteroatoms. The van der Waals surface area contributed by atoms with Crippen molar-refractivity contribution in [1.82, 2.24) is 0 Å². The predicted octanol–water partition coefficient (Wildman–Crippen LogP) is 3.53. The van der Waals surface area contributed by atoms with Crippen molar-refractivity contribution in [3.8, 4) is 5.75 Å². The molecular formula is C13H15Br2NO. The molecule has 3 rings (SSSR count). The molecule has 0 unspecified atom stereocenters. The summed E-state index contributed by atoms with van der Waals surface area (Å²) in [5.74, 6) is 1.69. The maximum atomic E-state index is 5.75. The van der Waals surface area contributed by atoms with Crippen molar-refractivity contribution < 1.29 is 4.74 Å². The Hall–Kier alpha value is -0.0600. The summed E-state index contributed by atoms with van der Waals surface area (Å²) in [6.45, 7) is 1.58. The molecule has 0 bridgehead atoms. The zero-order valence-corrected chi connectivity index (χ0v) is 12.7. The summed E-state index contributed by atoms with van der Waals surface area (Å²) in [6, 6.07) is 0. The molecule has 1 atom stereocenters. The van der Waals surface area contributed by atoms with Crippen molar-refractivity contribution in [3.05, 3.63) is 25.6 Å². The van der Waals surface area contributed by atoms with Crippen LogP contribution in [0.1, 0.15) is 35.4 Å². The Morgan fingerprint density at radius 2 is 2.00 bits per heavy atom. The number of halogens is 2. The maximum absolute atomic E-state index is 5.75. The normalized spacial score (nSPS) is 21.2. The first-order chi connectivity index (χ1) is 8.24. The highest BCUT2D eigenvalue weighted by molar-refractivity contribution is 9.13. The van der Waals surface area contributed by atoms with Gasteiger partial charge in [0.1, 0.15) is 5.75 Å². The topological polar surface area (TPSA) is 35.2 Å². The van der Waals surface area contributed by atoms with Gasteiger partial charge >= 0.3 is 0 Å². The van der Waals surface area contributed by atoms with Gasteiger partial charge in [-0.2, -0.15) is 0 Å². The van der Waals surface area contributed by atoms with Crippen LogP contribution < -0.4 is 10.5 Å². The van der Waals surface area contributed by atoms with Crippen LogP contribution in [0.2, 0.25) is 0 Å². The van der Waals surface area contributed by atoms with Gasteiger partial charge in [0.05, 0.1) is 11.1 Å². The Morgan fingerprint density at radius 1 is 1.18 bits per heavy atom. The fourth-order valence-corrected chi connectivity index (χ4v) is 4.32. The third-order valence-electron chi connectivity index (χ3n) is 3.85. The van der Waals surface area contributed by atoms with Crippen LogP contribution >= 0.6 is 31.9 Å². The summed E-state index contributed by atoms with van der Waals surface area (Å²) in [5, 5.41) is 0. The molecule has 17 heavy (non-hydrogen) atoms. The largest absolute Gasteiger partial charge is 0.492 e. The summed E-state index contributed by atoms with van der Waals surface area (Å²) in [5.41, 5.74) is 10.1. The molecule has 1 aromatic rings. The van der Waals surface area contributed by atoms with Crippen molar-refractivity contribution in [2.24, 2.45) is 5.73 Å². The number of fused-ring (bicyclic) bond motifs is 3. The van der Waals surface area contributed by atoms with Crippen LogP contribution in [0.15, 0.2) is 8.95 Å². The van der Waals surface area contributed by atoms with E-state index in [-0.39, 0.29) is 0 Å². The SMILES string of the molecule is NCC[C@@H]1CCc2c(Br)c(Br)c3c(c21)CCO3. The lowest BCUT2D eigenvalue weighted by molar-refractivity contribution is 0.354. The molecule has 0 saturated carbocycles. The van der Waals surface area contributed by atoms with Gasteiger partial charge in [0.15, 0.2) is 0 Å². The van der Waals surface area contributed by atoms with Crippen molar-refractivity contribution in [2.75, 3.05) is 13.2 Å². The van der Waals surface area contributed by atoms with Gasteiger partial charge in [0, 0.05) is 16.5 Å². The number of hydrogen-bond acceptors (Lipinski definition) is 2. The molecule has 0 amide bonds. The Kier molecular flexibility index (Phi) is 3.22. The van der Waals surface area contributed by atoms with Gasteiger partial charge in [-0.25, -0.2) is 0 Å². The van der Waals surface area contributed by atoms with E-state index in [2.05, 4.69) is 31.9 Å². The molecule has 0 spiro atoms. The predicted molar refractivity (Wildman–Crippen MR) is 75.8 cm³/mol. The van der Waals surface area contributed by atoms with Crippen LogP contribution in [0.3, 0.4) is 0 Å². The fraction of sp³-hybridized carbons (Fsp3) is 0.538. The molecule has 2 N–H and O–H groups in total. The lowest BCUT2D eigenvalue weighted by atomic mass is 9.92. The molecule has 1 heterocycles. The number of nitrogens with two attached hydrogens (primary N) is 1. The van der Waals surface area contributed by atoms with Gasteiger partial charge < -0.3 is 10.5 Å². The monoisotopic (exact) mass is 359 g/mol. The van der Waals surface area contributed by atoms with Gasteiger partial charge in [0.25, 0.3) is 0 Å². The van der Waals surface area contributed by atoms with E-state index in [0.717, 1.165) is 42.6 Å². The molecule has 0 saturated heterocycles. The molecule has 1 aliphatic heterocycles. The Bertz CT molecular complexity index is 473. The van der Waals surface area contributed by atoms with Crippen LogP contribution in [0.25, 0.3) is 0 Å². The molecule has 0 aromatic heterocycles. The van der Waals surface area contributed by atoms with E-state index in [1.165, 1.54) is 27.6 Å². The van der Waals surface area contributed by atoms with E-state index in [1.54, 1.807) is 0 Å². The molecule has 1 aliphatic carbocycles. The van der Waals surface area contributed by atoms with Crippen LogP contribution in [0.5, 0.6) is 5.75 Å². The number of rotatable bonds is 2. The molecule has 0 radical (unpaired) electrons. The molecule has 92 valence electrons. The summed E-state index contributed by atoms with van der Waals surface area (Å²) in [7, 11) is 0. The molecular weight excluding hydrogens is 346 g/mol. The fourth-order valence-electron chi connectivity index (χ4n) is 3.13. The smallest absolute Gasteiger partial charge is 0.138 e. The zero-order valence-electron chi connectivity index (χ0n) is 9.56. The van der Waals surface area contributed by atoms with Crippen LogP contribution in [-0.4, -0.2) is 13.2 Å². The highest BCUT2D eigenvalue weighted by Gasteiger charge is 2.33. The standard InChI is InChI=1S/C13H15Br2NO/c14-11-8-2-1-7(3-5-16)10(8)9-4-6-17-13(9)12(11)15/h7H,1-6,16H2/t7-/m0/s1. The van der Waals surface area contributed by atoms with Crippen molar-refractivity contribution >= 4 is 31.9 Å². The Balaban J connectivity index is 2.18. The van der Waals surface area contributed by atoms with E-state index in [0.29, 0.717) is 5.92 Å². The second-order valence-electron chi connectivity index (χ2n) is 4.74. The number of ether oxygens (including phenoxy) is 1. The zero-order chi connectivity index (χ0) is 12.0. The molecule has 0 fully saturated rings. The highest BCUT2D eigenvalue weighted by atomic mass is 79.9. The number of hydrogen-bond donors (Lipinski definition) is 1. The highest BCUT2D eigenvalue weighted by Crippen LogP contribution is 2.50. The van der Waals surface area contributed by atoms with E-state index in [1.807, 2.05) is 0 Å². The Morgan fingerprint density at radius 3 is 2.76 bits per heavy atom. The summed E-state index contributed by atoms with van der Waals surface area (Å²) < 4.78 is 8.04. The van der Waals surface area contributed by atoms with Crippen molar-refractivity contribution in [2.45, 2.75) is 31.6 Å². The summed E-state index contributed by atoms with van der Waals surface area (Å²) >= 11 is 7.35. The minimum atomic E-state index is 0.634. The van der Waals surface area contributed by atoms with E-state index in [9.17, 15) is 0 Å². The second-order valence-corrected chi connectivity index (χ2v) is 6.33. The average Bonchev–Trinajstić information content (AvgIpc) is 2.92. The van der Waals surface area contributed by atoms with E-state index >= 15 is 0 Å². The summed E-state index contributed by atoms with van der Waals surface area (Å²) in [4.78, 5) is 0. The first-order valence-corrected chi connectivity index (χ1v) is 7.68. The van der Waals surface area contributed by atoms with Crippen LogP contribution in [-0.2, 0) is 12.8 Å². The molecule has 2 aliphatic rings. The minimum Gasteiger partial charge on any atom is -0.492 e. The number of benzene rings is 1. The molecule has 1 aromatic carbocycles. The van der Waals surface area contributed by atoms with Gasteiger partial charge in [-0.1, -0.05) is 0 Å². The van der Waals surface area contributed by atoms with Crippen molar-refractivity contribution in [3.63, 3.8) is 0 Å². The van der Waals surface area contributed by atoms with Gasteiger partial charge in [0.2, 0.25) is 0 Å².